The van der Waals surface area contributed by atoms with Crippen molar-refractivity contribution in [1.29, 1.82) is 0 Å². The highest BCUT2D eigenvalue weighted by Crippen LogP contribution is 2.25. The topological polar surface area (TPSA) is 77.2 Å². The molecule has 0 atom stereocenters. The third-order valence-corrected chi connectivity index (χ3v) is 2.42. The second kappa shape index (κ2) is 5.18. The first kappa shape index (κ1) is 11.9. The highest BCUT2D eigenvalue weighted by atomic mass is 16.5. The average molecular weight is 243 g/mol. The van der Waals surface area contributed by atoms with Crippen molar-refractivity contribution in [1.82, 2.24) is 4.98 Å². The van der Waals surface area contributed by atoms with E-state index in [4.69, 9.17) is 10.5 Å². The Morgan fingerprint density at radius 3 is 2.89 bits per heavy atom. The standard InChI is InChI=1S/C13H13N3O2/c1-18-12-7-10(4-5-11(12)14)16-13(17)9-3-2-6-15-8-9/h2-8H,14H2,1H3,(H,16,17). The van der Waals surface area contributed by atoms with Crippen molar-refractivity contribution in [2.24, 2.45) is 0 Å². The number of pyridine rings is 1. The van der Waals surface area contributed by atoms with Gasteiger partial charge in [0.15, 0.2) is 0 Å². The van der Waals surface area contributed by atoms with Crippen molar-refractivity contribution in [3.8, 4) is 5.75 Å². The number of nitrogens with two attached hydrogens (primary N) is 1. The van der Waals surface area contributed by atoms with Crippen LogP contribution in [0.3, 0.4) is 0 Å². The minimum atomic E-state index is -0.227. The van der Waals surface area contributed by atoms with Crippen molar-refractivity contribution in [3.05, 3.63) is 48.3 Å². The van der Waals surface area contributed by atoms with Crippen LogP contribution in [-0.4, -0.2) is 18.0 Å². The van der Waals surface area contributed by atoms with Gasteiger partial charge < -0.3 is 15.8 Å². The van der Waals surface area contributed by atoms with Crippen LogP contribution < -0.4 is 15.8 Å². The molecule has 3 N–H and O–H groups in total. The third-order valence-electron chi connectivity index (χ3n) is 2.42. The summed E-state index contributed by atoms with van der Waals surface area (Å²) in [5, 5.41) is 2.75. The van der Waals surface area contributed by atoms with Crippen LogP contribution in [0, 0.1) is 0 Å². The molecule has 0 aliphatic heterocycles. The molecule has 0 radical (unpaired) electrons. The van der Waals surface area contributed by atoms with Gasteiger partial charge in [-0.2, -0.15) is 0 Å². The lowest BCUT2D eigenvalue weighted by molar-refractivity contribution is 0.102. The van der Waals surface area contributed by atoms with E-state index in [0.29, 0.717) is 22.7 Å². The van der Waals surface area contributed by atoms with Gasteiger partial charge in [0.1, 0.15) is 5.75 Å². The highest BCUT2D eigenvalue weighted by Gasteiger charge is 2.07. The van der Waals surface area contributed by atoms with Crippen LogP contribution in [0.15, 0.2) is 42.7 Å². The maximum Gasteiger partial charge on any atom is 0.257 e. The maximum atomic E-state index is 11.9. The second-order valence-electron chi connectivity index (χ2n) is 3.65. The maximum absolute atomic E-state index is 11.9. The van der Waals surface area contributed by atoms with Gasteiger partial charge in [0.25, 0.3) is 5.91 Å². The number of nitrogens with one attached hydrogen (secondary N) is 1. The van der Waals surface area contributed by atoms with Crippen LogP contribution in [0.25, 0.3) is 0 Å². The molecule has 1 heterocycles. The average Bonchev–Trinajstić information content (AvgIpc) is 2.42. The summed E-state index contributed by atoms with van der Waals surface area (Å²) in [5.74, 6) is 0.300. The fourth-order valence-corrected chi connectivity index (χ4v) is 1.49. The Morgan fingerprint density at radius 2 is 2.22 bits per heavy atom. The number of nitrogens with zero attached hydrogens (tertiary/aromatic N) is 1. The SMILES string of the molecule is COc1cc(NC(=O)c2cccnc2)ccc1N. The summed E-state index contributed by atoms with van der Waals surface area (Å²) < 4.78 is 5.08. The second-order valence-corrected chi connectivity index (χ2v) is 3.65. The number of methoxy groups -OCH3 is 1. The molecule has 1 aromatic heterocycles. The number of carbonyl (C=O) groups excluding carboxylic acids is 1. The van der Waals surface area contributed by atoms with Crippen LogP contribution in [0.5, 0.6) is 5.75 Å². The highest BCUT2D eigenvalue weighted by molar-refractivity contribution is 6.04. The molecule has 0 aliphatic carbocycles. The Hall–Kier alpha value is -2.56. The lowest BCUT2D eigenvalue weighted by atomic mass is 10.2. The minimum Gasteiger partial charge on any atom is -0.495 e. The Kier molecular flexibility index (Phi) is 3.43. The first-order chi connectivity index (χ1) is 8.70. The molecular weight excluding hydrogens is 230 g/mol. The lowest BCUT2D eigenvalue weighted by Crippen LogP contribution is -2.12. The molecule has 2 rings (SSSR count). The summed E-state index contributed by atoms with van der Waals surface area (Å²) in [6.07, 6.45) is 3.12. The predicted octanol–water partition coefficient (Wildman–Crippen LogP) is 1.92. The summed E-state index contributed by atoms with van der Waals surface area (Å²) in [5.41, 5.74) is 7.33. The summed E-state index contributed by atoms with van der Waals surface area (Å²) >= 11 is 0. The van der Waals surface area contributed by atoms with E-state index in [2.05, 4.69) is 10.3 Å². The molecule has 0 spiro atoms. The van der Waals surface area contributed by atoms with Gasteiger partial charge in [0.05, 0.1) is 18.4 Å². The van der Waals surface area contributed by atoms with E-state index in [1.54, 1.807) is 36.5 Å². The Bertz CT molecular complexity index is 555. The Labute approximate surface area is 105 Å². The molecule has 18 heavy (non-hydrogen) atoms. The third kappa shape index (κ3) is 2.57. The number of aromatic nitrogens is 1. The van der Waals surface area contributed by atoms with Gasteiger partial charge in [0.2, 0.25) is 0 Å². The first-order valence-corrected chi connectivity index (χ1v) is 5.35. The fraction of sp³-hybridized carbons (Fsp3) is 0.0769. The van der Waals surface area contributed by atoms with Gasteiger partial charge in [0, 0.05) is 24.1 Å². The van der Waals surface area contributed by atoms with E-state index in [1.807, 2.05) is 0 Å². The molecule has 0 fully saturated rings. The molecule has 5 heteroatoms. The van der Waals surface area contributed by atoms with E-state index in [0.717, 1.165) is 0 Å². The van der Waals surface area contributed by atoms with Gasteiger partial charge in [-0.1, -0.05) is 0 Å². The zero-order valence-electron chi connectivity index (χ0n) is 9.88. The largest absolute Gasteiger partial charge is 0.495 e. The molecule has 2 aromatic rings. The first-order valence-electron chi connectivity index (χ1n) is 5.35. The van der Waals surface area contributed by atoms with Crippen molar-refractivity contribution in [2.45, 2.75) is 0 Å². The van der Waals surface area contributed by atoms with Gasteiger partial charge >= 0.3 is 0 Å². The number of benzene rings is 1. The van der Waals surface area contributed by atoms with E-state index in [-0.39, 0.29) is 5.91 Å². The van der Waals surface area contributed by atoms with Crippen LogP contribution in [-0.2, 0) is 0 Å². The van der Waals surface area contributed by atoms with Crippen LogP contribution in [0.2, 0.25) is 0 Å². The number of rotatable bonds is 3. The van der Waals surface area contributed by atoms with E-state index >= 15 is 0 Å². The van der Waals surface area contributed by atoms with E-state index in [9.17, 15) is 4.79 Å². The quantitative estimate of drug-likeness (QED) is 0.807. The molecule has 92 valence electrons. The minimum absolute atomic E-state index is 0.227. The number of nitrogen functional groups attached to an aromatic ring is 1. The molecule has 0 saturated heterocycles. The van der Waals surface area contributed by atoms with Crippen molar-refractivity contribution < 1.29 is 9.53 Å². The van der Waals surface area contributed by atoms with Crippen molar-refractivity contribution in [2.75, 3.05) is 18.2 Å². The fourth-order valence-electron chi connectivity index (χ4n) is 1.49. The number of hydrogen-bond donors (Lipinski definition) is 2. The number of carbonyl (C=O) groups is 1. The van der Waals surface area contributed by atoms with Gasteiger partial charge in [-0.3, -0.25) is 9.78 Å². The molecule has 0 unspecified atom stereocenters. The summed E-state index contributed by atoms with van der Waals surface area (Å²) in [4.78, 5) is 15.8. The molecule has 0 saturated carbocycles. The number of amides is 1. The lowest BCUT2D eigenvalue weighted by Gasteiger charge is -2.08. The smallest absolute Gasteiger partial charge is 0.257 e. The Morgan fingerprint density at radius 1 is 1.39 bits per heavy atom. The Balaban J connectivity index is 2.17. The summed E-state index contributed by atoms with van der Waals surface area (Å²) in [7, 11) is 1.53. The van der Waals surface area contributed by atoms with Crippen LogP contribution >= 0.6 is 0 Å². The molecular formula is C13H13N3O2. The zero-order valence-corrected chi connectivity index (χ0v) is 9.88. The van der Waals surface area contributed by atoms with E-state index in [1.165, 1.54) is 13.3 Å². The van der Waals surface area contributed by atoms with Gasteiger partial charge in [-0.25, -0.2) is 0 Å². The van der Waals surface area contributed by atoms with Crippen LogP contribution in [0.4, 0.5) is 11.4 Å². The molecule has 0 aliphatic rings. The zero-order chi connectivity index (χ0) is 13.0. The number of ether oxygens (including phenoxy) is 1. The number of hydrogen-bond acceptors (Lipinski definition) is 4. The molecule has 5 nitrogen and oxygen atoms in total. The predicted molar refractivity (Wildman–Crippen MR) is 69.6 cm³/mol. The van der Waals surface area contributed by atoms with Crippen molar-refractivity contribution >= 4 is 17.3 Å². The summed E-state index contributed by atoms with van der Waals surface area (Å²) in [6, 6.07) is 8.46. The summed E-state index contributed by atoms with van der Waals surface area (Å²) in [6.45, 7) is 0. The molecule has 1 aromatic carbocycles. The molecule has 0 bridgehead atoms. The van der Waals surface area contributed by atoms with Gasteiger partial charge in [-0.15, -0.1) is 0 Å². The number of anilines is 2. The van der Waals surface area contributed by atoms with Crippen molar-refractivity contribution in [3.63, 3.8) is 0 Å². The van der Waals surface area contributed by atoms with Crippen LogP contribution in [0.1, 0.15) is 10.4 Å². The van der Waals surface area contributed by atoms with Gasteiger partial charge in [-0.05, 0) is 24.3 Å². The normalized spacial score (nSPS) is 9.83. The molecule has 1 amide bonds. The van der Waals surface area contributed by atoms with E-state index < -0.39 is 0 Å². The monoisotopic (exact) mass is 243 g/mol.